The largest absolute Gasteiger partial charge is 0.122 e. The second-order valence-electron chi connectivity index (χ2n) is 5.32. The Morgan fingerprint density at radius 2 is 1.63 bits per heavy atom. The van der Waals surface area contributed by atoms with Gasteiger partial charge in [-0.2, -0.15) is 0 Å². The van der Waals surface area contributed by atoms with Gasteiger partial charge in [-0.1, -0.05) is 58.4 Å². The highest BCUT2D eigenvalue weighted by molar-refractivity contribution is 9.10. The fourth-order valence-corrected chi connectivity index (χ4v) is 3.50. The van der Waals surface area contributed by atoms with Gasteiger partial charge in [-0.05, 0) is 42.5 Å². The number of hydrogen-bond donors (Lipinski definition) is 0. The molecule has 19 heavy (non-hydrogen) atoms. The zero-order valence-electron chi connectivity index (χ0n) is 10.7. The molecule has 2 aromatic rings. The van der Waals surface area contributed by atoms with Crippen LogP contribution in [0.25, 0.3) is 0 Å². The highest BCUT2D eigenvalue weighted by atomic mass is 79.9. The van der Waals surface area contributed by atoms with E-state index in [1.165, 1.54) is 24.0 Å². The van der Waals surface area contributed by atoms with Crippen molar-refractivity contribution in [3.05, 3.63) is 70.2 Å². The molecule has 1 aliphatic carbocycles. The first-order valence-corrected chi connectivity index (χ1v) is 7.88. The van der Waals surface area contributed by atoms with Crippen molar-refractivity contribution in [2.75, 3.05) is 0 Å². The molecular weight excluding hydrogens is 320 g/mol. The highest BCUT2D eigenvalue weighted by Gasteiger charge is 2.49. The Balaban J connectivity index is 1.77. The van der Waals surface area contributed by atoms with Gasteiger partial charge in [0, 0.05) is 15.3 Å². The lowest BCUT2D eigenvalue weighted by atomic mass is 9.89. The van der Waals surface area contributed by atoms with E-state index in [9.17, 15) is 0 Å². The number of halogens is 2. The third kappa shape index (κ3) is 2.73. The average Bonchev–Trinajstić information content (AvgIpc) is 3.24. The maximum absolute atomic E-state index is 6.73. The van der Waals surface area contributed by atoms with Gasteiger partial charge in [-0.25, -0.2) is 0 Å². The smallest absolute Gasteiger partial charge is 0.0473 e. The van der Waals surface area contributed by atoms with Crippen molar-refractivity contribution in [2.24, 2.45) is 0 Å². The molecule has 0 aliphatic heterocycles. The van der Waals surface area contributed by atoms with Gasteiger partial charge in [-0.3, -0.25) is 0 Å². The molecule has 0 heterocycles. The van der Waals surface area contributed by atoms with Crippen LogP contribution in [0, 0.1) is 0 Å². The first-order chi connectivity index (χ1) is 9.21. The van der Waals surface area contributed by atoms with Crippen LogP contribution in [0.4, 0.5) is 0 Å². The predicted octanol–water partition coefficient (Wildman–Crippen LogP) is 5.33. The van der Waals surface area contributed by atoms with Crippen molar-refractivity contribution in [3.63, 3.8) is 0 Å². The SMILES string of the molecule is ClC(Cc1ccc(Br)cc1)C1(c2ccccc2)CC1. The van der Waals surface area contributed by atoms with Crippen LogP contribution in [0.2, 0.25) is 0 Å². The number of hydrogen-bond acceptors (Lipinski definition) is 0. The van der Waals surface area contributed by atoms with E-state index in [1.807, 2.05) is 0 Å². The van der Waals surface area contributed by atoms with Crippen LogP contribution < -0.4 is 0 Å². The minimum Gasteiger partial charge on any atom is -0.122 e. The standard InChI is InChI=1S/C17H16BrCl/c18-15-8-6-13(7-9-15)12-16(19)17(10-11-17)14-4-2-1-3-5-14/h1-9,16H,10-12H2. The Hall–Kier alpha value is -0.790. The van der Waals surface area contributed by atoms with E-state index in [2.05, 4.69) is 70.5 Å². The van der Waals surface area contributed by atoms with E-state index < -0.39 is 0 Å². The summed E-state index contributed by atoms with van der Waals surface area (Å²) in [7, 11) is 0. The molecule has 1 aliphatic rings. The molecule has 2 heteroatoms. The van der Waals surface area contributed by atoms with E-state index in [-0.39, 0.29) is 10.8 Å². The van der Waals surface area contributed by atoms with Crippen molar-refractivity contribution in [3.8, 4) is 0 Å². The summed E-state index contributed by atoms with van der Waals surface area (Å²) in [6.07, 6.45) is 3.35. The zero-order chi connectivity index (χ0) is 13.3. The van der Waals surface area contributed by atoms with Crippen LogP contribution in [0.3, 0.4) is 0 Å². The molecular formula is C17H16BrCl. The van der Waals surface area contributed by atoms with Gasteiger partial charge in [0.25, 0.3) is 0 Å². The van der Waals surface area contributed by atoms with Crippen LogP contribution in [0.1, 0.15) is 24.0 Å². The Kier molecular flexibility index (Phi) is 3.68. The van der Waals surface area contributed by atoms with Gasteiger partial charge in [-0.15, -0.1) is 11.6 Å². The first kappa shape index (κ1) is 13.2. The predicted molar refractivity (Wildman–Crippen MR) is 84.8 cm³/mol. The third-order valence-corrected chi connectivity index (χ3v) is 5.17. The third-order valence-electron chi connectivity index (χ3n) is 4.07. The number of benzene rings is 2. The van der Waals surface area contributed by atoms with Crippen molar-refractivity contribution < 1.29 is 0 Å². The lowest BCUT2D eigenvalue weighted by molar-refractivity contribution is 0.629. The van der Waals surface area contributed by atoms with Crippen LogP contribution in [-0.2, 0) is 11.8 Å². The molecule has 0 nitrogen and oxygen atoms in total. The summed E-state index contributed by atoms with van der Waals surface area (Å²) < 4.78 is 1.12. The summed E-state index contributed by atoms with van der Waals surface area (Å²) in [6, 6.07) is 19.2. The Bertz CT molecular complexity index is 543. The van der Waals surface area contributed by atoms with Gasteiger partial charge in [0.2, 0.25) is 0 Å². The van der Waals surface area contributed by atoms with Crippen LogP contribution >= 0.6 is 27.5 Å². The van der Waals surface area contributed by atoms with E-state index in [0.29, 0.717) is 0 Å². The maximum atomic E-state index is 6.73. The normalized spacial score (nSPS) is 18.0. The second kappa shape index (κ2) is 5.30. The summed E-state index contributed by atoms with van der Waals surface area (Å²) in [5, 5.41) is 0.177. The lowest BCUT2D eigenvalue weighted by Crippen LogP contribution is -2.23. The van der Waals surface area contributed by atoms with Crippen LogP contribution in [0.5, 0.6) is 0 Å². The molecule has 0 saturated heterocycles. The molecule has 1 unspecified atom stereocenters. The summed E-state index contributed by atoms with van der Waals surface area (Å²) in [5.41, 5.74) is 2.91. The van der Waals surface area contributed by atoms with E-state index in [0.717, 1.165) is 10.9 Å². The molecule has 2 aromatic carbocycles. The van der Waals surface area contributed by atoms with E-state index in [4.69, 9.17) is 11.6 Å². The maximum Gasteiger partial charge on any atom is 0.0473 e. The molecule has 3 rings (SSSR count). The minimum atomic E-state index is 0.177. The van der Waals surface area contributed by atoms with Gasteiger partial charge in [0.1, 0.15) is 0 Å². The molecule has 0 bridgehead atoms. The molecule has 0 radical (unpaired) electrons. The quantitative estimate of drug-likeness (QED) is 0.662. The molecule has 0 aromatic heterocycles. The van der Waals surface area contributed by atoms with E-state index in [1.54, 1.807) is 0 Å². The summed E-state index contributed by atoms with van der Waals surface area (Å²) in [4.78, 5) is 0. The second-order valence-corrected chi connectivity index (χ2v) is 6.76. The Morgan fingerprint density at radius 1 is 1.00 bits per heavy atom. The molecule has 0 N–H and O–H groups in total. The zero-order valence-corrected chi connectivity index (χ0v) is 13.0. The first-order valence-electron chi connectivity index (χ1n) is 6.65. The van der Waals surface area contributed by atoms with E-state index >= 15 is 0 Å². The highest BCUT2D eigenvalue weighted by Crippen LogP contribution is 2.53. The fraction of sp³-hybridized carbons (Fsp3) is 0.294. The minimum absolute atomic E-state index is 0.177. The summed E-state index contributed by atoms with van der Waals surface area (Å²) in [5.74, 6) is 0. The van der Waals surface area contributed by atoms with Crippen molar-refractivity contribution >= 4 is 27.5 Å². The summed E-state index contributed by atoms with van der Waals surface area (Å²) >= 11 is 10.2. The molecule has 1 atom stereocenters. The molecule has 1 fully saturated rings. The van der Waals surface area contributed by atoms with Gasteiger partial charge in [0.05, 0.1) is 0 Å². The molecule has 1 saturated carbocycles. The fourth-order valence-electron chi connectivity index (χ4n) is 2.71. The molecule has 98 valence electrons. The van der Waals surface area contributed by atoms with Crippen LogP contribution in [0.15, 0.2) is 59.1 Å². The lowest BCUT2D eigenvalue weighted by Gasteiger charge is -2.22. The molecule has 0 amide bonds. The van der Waals surface area contributed by atoms with Crippen molar-refractivity contribution in [2.45, 2.75) is 30.1 Å². The monoisotopic (exact) mass is 334 g/mol. The van der Waals surface area contributed by atoms with Gasteiger partial charge >= 0.3 is 0 Å². The molecule has 0 spiro atoms. The van der Waals surface area contributed by atoms with Gasteiger partial charge in [0.15, 0.2) is 0 Å². The average molecular weight is 336 g/mol. The Labute approximate surface area is 127 Å². The van der Waals surface area contributed by atoms with Gasteiger partial charge < -0.3 is 0 Å². The van der Waals surface area contributed by atoms with Crippen LogP contribution in [-0.4, -0.2) is 5.38 Å². The Morgan fingerprint density at radius 3 is 2.21 bits per heavy atom. The van der Waals surface area contributed by atoms with Crippen molar-refractivity contribution in [1.82, 2.24) is 0 Å². The summed E-state index contributed by atoms with van der Waals surface area (Å²) in [6.45, 7) is 0. The van der Waals surface area contributed by atoms with Crippen molar-refractivity contribution in [1.29, 1.82) is 0 Å². The topological polar surface area (TPSA) is 0 Å². The number of alkyl halides is 1. The number of rotatable bonds is 4.